The van der Waals surface area contributed by atoms with Crippen molar-refractivity contribution in [3.05, 3.63) is 80.8 Å². The summed E-state index contributed by atoms with van der Waals surface area (Å²) in [7, 11) is 0. The van der Waals surface area contributed by atoms with Crippen LogP contribution < -0.4 is 4.87 Å². The number of rotatable bonds is 6. The highest BCUT2D eigenvalue weighted by Crippen LogP contribution is 2.68. The third kappa shape index (κ3) is 3.41. The number of amides is 2. The zero-order valence-electron chi connectivity index (χ0n) is 20.4. The van der Waals surface area contributed by atoms with Gasteiger partial charge in [-0.15, -0.1) is 11.8 Å². The first-order valence-electron chi connectivity index (χ1n) is 13.1. The number of aliphatic carboxylic acids is 1. The monoisotopic (exact) mass is 546 g/mol. The molecule has 9 heteroatoms. The molecule has 7 rings (SSSR count). The smallest absolute Gasteiger partial charge is 0.312 e. The lowest BCUT2D eigenvalue weighted by molar-refractivity contribution is -0.142. The molecule has 2 bridgehead atoms. The minimum absolute atomic E-state index is 0.0139. The summed E-state index contributed by atoms with van der Waals surface area (Å²) in [5.74, 6) is -1.63. The summed E-state index contributed by atoms with van der Waals surface area (Å²) < 4.78 is 1.82. The molecule has 2 saturated carbocycles. The average molecular weight is 547 g/mol. The van der Waals surface area contributed by atoms with Crippen LogP contribution in [0.3, 0.4) is 0 Å². The normalized spacial score (nSPS) is 30.8. The first-order chi connectivity index (χ1) is 18.5. The summed E-state index contributed by atoms with van der Waals surface area (Å²) in [5, 5.41) is 10.1. The van der Waals surface area contributed by atoms with Crippen LogP contribution in [0.4, 0.5) is 0 Å². The number of benzene rings is 2. The Morgan fingerprint density at radius 3 is 2.26 bits per heavy atom. The van der Waals surface area contributed by atoms with E-state index in [0.717, 1.165) is 27.6 Å². The summed E-state index contributed by atoms with van der Waals surface area (Å²) in [6.45, 7) is 0.169. The molecule has 3 heterocycles. The fourth-order valence-electron chi connectivity index (χ4n) is 7.58. The highest BCUT2D eigenvalue weighted by atomic mass is 32.2. The van der Waals surface area contributed by atoms with Crippen LogP contribution in [0.25, 0.3) is 5.69 Å². The van der Waals surface area contributed by atoms with Gasteiger partial charge in [0.1, 0.15) is 0 Å². The Kier molecular flexibility index (Phi) is 5.63. The molecule has 194 valence electrons. The molecule has 3 aromatic rings. The number of imide groups is 1. The topological polar surface area (TPSA) is 96.7 Å². The second-order valence-electron chi connectivity index (χ2n) is 10.7. The minimum atomic E-state index is -0.923. The lowest BCUT2D eigenvalue weighted by atomic mass is 9.68. The molecule has 3 fully saturated rings. The SMILES string of the molecule is O=C(O)CCCN1C(=O)[C@@H]2[C@H]3C[C@@H]([C@@H]2C1=O)[C@@H]1[C@@H](c2ccccc2)c2sc(=O)n(-c4ccccc4)c2S[C@H]31. The number of nitrogens with zero attached hydrogens (tertiary/aromatic N) is 2. The van der Waals surface area contributed by atoms with Gasteiger partial charge in [0, 0.05) is 29.0 Å². The van der Waals surface area contributed by atoms with Crippen LogP contribution in [0.15, 0.2) is 70.5 Å². The predicted octanol–water partition coefficient (Wildman–Crippen LogP) is 4.24. The first-order valence-corrected chi connectivity index (χ1v) is 14.7. The Bertz CT molecular complexity index is 1500. The van der Waals surface area contributed by atoms with E-state index in [1.165, 1.54) is 16.2 Å². The van der Waals surface area contributed by atoms with E-state index in [0.29, 0.717) is 0 Å². The Hall–Kier alpha value is -3.17. The van der Waals surface area contributed by atoms with Crippen molar-refractivity contribution < 1.29 is 19.5 Å². The van der Waals surface area contributed by atoms with Gasteiger partial charge in [-0.05, 0) is 48.3 Å². The summed E-state index contributed by atoms with van der Waals surface area (Å²) >= 11 is 3.02. The summed E-state index contributed by atoms with van der Waals surface area (Å²) in [6.07, 6.45) is 1.05. The Labute approximate surface area is 227 Å². The molecule has 2 aliphatic heterocycles. The molecule has 4 aliphatic rings. The van der Waals surface area contributed by atoms with E-state index in [2.05, 4.69) is 12.1 Å². The fraction of sp³-hybridized carbons (Fsp3) is 0.379. The van der Waals surface area contributed by atoms with Gasteiger partial charge in [0.2, 0.25) is 11.8 Å². The van der Waals surface area contributed by atoms with E-state index in [9.17, 15) is 19.2 Å². The number of fused-ring (bicyclic) bond motifs is 9. The van der Waals surface area contributed by atoms with Gasteiger partial charge in [-0.3, -0.25) is 28.6 Å². The Morgan fingerprint density at radius 2 is 1.58 bits per heavy atom. The number of hydrogen-bond acceptors (Lipinski definition) is 6. The van der Waals surface area contributed by atoms with Crippen molar-refractivity contribution >= 4 is 40.9 Å². The number of thioether (sulfide) groups is 1. The second kappa shape index (κ2) is 8.95. The van der Waals surface area contributed by atoms with Crippen LogP contribution in [0.5, 0.6) is 0 Å². The Balaban J connectivity index is 1.31. The van der Waals surface area contributed by atoms with Crippen molar-refractivity contribution in [3.8, 4) is 5.69 Å². The van der Waals surface area contributed by atoms with Crippen molar-refractivity contribution in [2.45, 2.75) is 35.5 Å². The average Bonchev–Trinajstić information content (AvgIpc) is 3.64. The molecular formula is C29H26N2O5S2. The lowest BCUT2D eigenvalue weighted by Crippen LogP contribution is -2.43. The van der Waals surface area contributed by atoms with Crippen molar-refractivity contribution in [1.29, 1.82) is 0 Å². The number of thiazole rings is 1. The molecule has 2 aromatic carbocycles. The van der Waals surface area contributed by atoms with Crippen LogP contribution >= 0.6 is 23.1 Å². The van der Waals surface area contributed by atoms with Crippen LogP contribution in [-0.4, -0.2) is 44.2 Å². The van der Waals surface area contributed by atoms with Gasteiger partial charge in [-0.25, -0.2) is 0 Å². The van der Waals surface area contributed by atoms with Crippen molar-refractivity contribution in [3.63, 3.8) is 0 Å². The summed E-state index contributed by atoms with van der Waals surface area (Å²) in [5.41, 5.74) is 1.98. The zero-order chi connectivity index (χ0) is 26.1. The van der Waals surface area contributed by atoms with Gasteiger partial charge >= 0.3 is 10.8 Å². The minimum Gasteiger partial charge on any atom is -0.481 e. The van der Waals surface area contributed by atoms with E-state index in [4.69, 9.17) is 5.11 Å². The van der Waals surface area contributed by atoms with E-state index in [1.54, 1.807) is 11.8 Å². The molecule has 2 amide bonds. The number of aromatic nitrogens is 1. The molecule has 38 heavy (non-hydrogen) atoms. The molecule has 1 saturated heterocycles. The van der Waals surface area contributed by atoms with Crippen molar-refractivity contribution in [2.75, 3.05) is 6.54 Å². The number of carbonyl (C=O) groups excluding carboxylic acids is 2. The number of likely N-dealkylation sites (tertiary alicyclic amines) is 1. The molecule has 1 aromatic heterocycles. The summed E-state index contributed by atoms with van der Waals surface area (Å²) in [4.78, 5) is 53.9. The third-order valence-electron chi connectivity index (χ3n) is 8.91. The molecular weight excluding hydrogens is 520 g/mol. The first kappa shape index (κ1) is 23.9. The van der Waals surface area contributed by atoms with Gasteiger partial charge in [0.15, 0.2) is 0 Å². The second-order valence-corrected chi connectivity index (χ2v) is 12.9. The van der Waals surface area contributed by atoms with E-state index in [-0.39, 0.29) is 76.8 Å². The highest BCUT2D eigenvalue weighted by Gasteiger charge is 2.69. The van der Waals surface area contributed by atoms with Gasteiger partial charge in [0.05, 0.1) is 22.5 Å². The van der Waals surface area contributed by atoms with Gasteiger partial charge in [0.25, 0.3) is 0 Å². The Morgan fingerprint density at radius 1 is 0.921 bits per heavy atom. The summed E-state index contributed by atoms with van der Waals surface area (Å²) in [6, 6.07) is 19.9. The molecule has 7 nitrogen and oxygen atoms in total. The molecule has 0 radical (unpaired) electrons. The predicted molar refractivity (Wildman–Crippen MR) is 144 cm³/mol. The molecule has 7 atom stereocenters. The number of para-hydroxylation sites is 1. The number of hydrogen-bond donors (Lipinski definition) is 1. The molecule has 1 N–H and O–H groups in total. The van der Waals surface area contributed by atoms with Crippen molar-refractivity contribution in [2.24, 2.45) is 29.6 Å². The van der Waals surface area contributed by atoms with Gasteiger partial charge in [-0.1, -0.05) is 59.9 Å². The number of carboxylic acid groups (broad SMARTS) is 1. The fourth-order valence-corrected chi connectivity index (χ4v) is 10.7. The third-order valence-corrected chi connectivity index (χ3v) is 11.6. The maximum absolute atomic E-state index is 13.6. The maximum atomic E-state index is 13.6. The lowest BCUT2D eigenvalue weighted by Gasteiger charge is -2.43. The number of carbonyl (C=O) groups is 3. The van der Waals surface area contributed by atoms with Crippen LogP contribution in [-0.2, 0) is 14.4 Å². The maximum Gasteiger partial charge on any atom is 0.312 e. The van der Waals surface area contributed by atoms with Crippen LogP contribution in [0.2, 0.25) is 0 Å². The highest BCUT2D eigenvalue weighted by molar-refractivity contribution is 8.00. The molecule has 2 aliphatic carbocycles. The quantitative estimate of drug-likeness (QED) is 0.465. The van der Waals surface area contributed by atoms with Crippen molar-refractivity contribution in [1.82, 2.24) is 9.47 Å². The van der Waals surface area contributed by atoms with Crippen LogP contribution in [0, 0.1) is 29.6 Å². The molecule has 0 unspecified atom stereocenters. The van der Waals surface area contributed by atoms with Gasteiger partial charge in [-0.2, -0.15) is 0 Å². The number of carboxylic acids is 1. The van der Waals surface area contributed by atoms with Gasteiger partial charge < -0.3 is 5.11 Å². The standard InChI is InChI=1S/C29H26N2O5S2/c32-19(33)12-7-13-30-26(34)22-17-14-18(23(22)27(30)35)24-21(17)20(15-8-3-1-4-9-15)25-28(37-24)31(29(36)38-25)16-10-5-2-6-11-16/h1-6,8-11,17-18,20-24H,7,12-14H2,(H,32,33)/t17-,18-,20-,21-,22+,23-,24-/m1/s1. The largest absolute Gasteiger partial charge is 0.481 e. The van der Waals surface area contributed by atoms with E-state index in [1.807, 2.05) is 53.1 Å². The van der Waals surface area contributed by atoms with Crippen LogP contribution in [0.1, 0.15) is 35.6 Å². The molecule has 0 spiro atoms. The van der Waals surface area contributed by atoms with E-state index < -0.39 is 5.97 Å². The zero-order valence-corrected chi connectivity index (χ0v) is 22.1. The van der Waals surface area contributed by atoms with E-state index >= 15 is 0 Å².